The first kappa shape index (κ1) is 16.5. The van der Waals surface area contributed by atoms with E-state index >= 15 is 0 Å². The van der Waals surface area contributed by atoms with Gasteiger partial charge in [0.1, 0.15) is 5.82 Å². The lowest BCUT2D eigenvalue weighted by Gasteiger charge is -2.16. The fourth-order valence-corrected chi connectivity index (χ4v) is 3.11. The van der Waals surface area contributed by atoms with Crippen molar-refractivity contribution < 1.29 is 4.39 Å². The summed E-state index contributed by atoms with van der Waals surface area (Å²) in [6.07, 6.45) is 1.69. The summed E-state index contributed by atoms with van der Waals surface area (Å²) in [6.45, 7) is 1.95. The van der Waals surface area contributed by atoms with Crippen LogP contribution < -0.4 is 10.6 Å². The Morgan fingerprint density at radius 1 is 1.21 bits per heavy atom. The average molecular weight is 358 g/mol. The zero-order chi connectivity index (χ0) is 16.9. The predicted molar refractivity (Wildman–Crippen MR) is 99.5 cm³/mol. The van der Waals surface area contributed by atoms with Gasteiger partial charge in [-0.05, 0) is 54.4 Å². The number of thiocarbonyl (C=S) groups is 1. The van der Waals surface area contributed by atoms with E-state index in [1.807, 2.05) is 30.5 Å². The molecule has 7 heteroatoms. The Bertz CT molecular complexity index is 819. The first-order valence-electron chi connectivity index (χ1n) is 7.32. The molecule has 2 heterocycles. The highest BCUT2D eigenvalue weighted by Gasteiger charge is 2.09. The third kappa shape index (κ3) is 4.12. The zero-order valence-corrected chi connectivity index (χ0v) is 14.5. The Hall–Kier alpha value is -2.38. The molecule has 2 N–H and O–H groups in total. The normalized spacial score (nSPS) is 11.8. The second-order valence-corrected chi connectivity index (χ2v) is 6.47. The molecule has 0 saturated carbocycles. The highest BCUT2D eigenvalue weighted by Crippen LogP contribution is 2.22. The summed E-state index contributed by atoms with van der Waals surface area (Å²) < 4.78 is 13.0. The smallest absolute Gasteiger partial charge is 0.229 e. The summed E-state index contributed by atoms with van der Waals surface area (Å²) in [5, 5.41) is 8.54. The average Bonchev–Trinajstić information content (AvgIpc) is 3.10. The lowest BCUT2D eigenvalue weighted by Crippen LogP contribution is -2.31. The van der Waals surface area contributed by atoms with E-state index in [0.717, 1.165) is 16.1 Å². The van der Waals surface area contributed by atoms with Crippen LogP contribution >= 0.6 is 23.6 Å². The lowest BCUT2D eigenvalue weighted by molar-refractivity contribution is 0.624. The number of nitrogens with one attached hydrogen (secondary N) is 2. The Morgan fingerprint density at radius 2 is 2.00 bits per heavy atom. The quantitative estimate of drug-likeness (QED) is 0.677. The fraction of sp³-hybridized carbons (Fsp3) is 0.118. The maximum atomic E-state index is 13.0. The summed E-state index contributed by atoms with van der Waals surface area (Å²) in [5.74, 6) is 0.176. The first-order chi connectivity index (χ1) is 11.6. The van der Waals surface area contributed by atoms with Gasteiger partial charge >= 0.3 is 0 Å². The van der Waals surface area contributed by atoms with Crippen LogP contribution in [0.3, 0.4) is 0 Å². The third-order valence-electron chi connectivity index (χ3n) is 3.37. The number of halogens is 1. The molecule has 0 aliphatic rings. The van der Waals surface area contributed by atoms with E-state index in [1.54, 1.807) is 29.7 Å². The van der Waals surface area contributed by atoms with Gasteiger partial charge in [0.25, 0.3) is 0 Å². The lowest BCUT2D eigenvalue weighted by atomic mass is 10.1. The number of anilines is 1. The Morgan fingerprint density at radius 3 is 2.71 bits per heavy atom. The predicted octanol–water partition coefficient (Wildman–Crippen LogP) is 4.39. The van der Waals surface area contributed by atoms with E-state index in [1.165, 1.54) is 12.1 Å². The van der Waals surface area contributed by atoms with Crippen molar-refractivity contribution in [3.05, 3.63) is 65.4 Å². The van der Waals surface area contributed by atoms with Gasteiger partial charge in [-0.1, -0.05) is 18.2 Å². The summed E-state index contributed by atoms with van der Waals surface area (Å²) in [4.78, 5) is 9.71. The molecule has 0 amide bonds. The van der Waals surface area contributed by atoms with E-state index in [4.69, 9.17) is 12.2 Å². The Balaban J connectivity index is 1.64. The van der Waals surface area contributed by atoms with Crippen LogP contribution in [0.1, 0.15) is 18.5 Å². The van der Waals surface area contributed by atoms with Gasteiger partial charge in [0.05, 0.1) is 16.6 Å². The summed E-state index contributed by atoms with van der Waals surface area (Å²) in [5.41, 5.74) is 1.78. The highest BCUT2D eigenvalue weighted by atomic mass is 32.1. The summed E-state index contributed by atoms with van der Waals surface area (Å²) in [7, 11) is 0. The van der Waals surface area contributed by atoms with Crippen molar-refractivity contribution in [3.8, 4) is 10.6 Å². The third-order valence-corrected chi connectivity index (χ3v) is 4.48. The van der Waals surface area contributed by atoms with Crippen LogP contribution in [0.2, 0.25) is 0 Å². The summed E-state index contributed by atoms with van der Waals surface area (Å²) >= 11 is 6.92. The maximum Gasteiger partial charge on any atom is 0.229 e. The van der Waals surface area contributed by atoms with E-state index in [2.05, 4.69) is 20.6 Å². The second kappa shape index (κ2) is 7.46. The molecule has 2 aromatic heterocycles. The van der Waals surface area contributed by atoms with Gasteiger partial charge in [0.15, 0.2) is 5.11 Å². The van der Waals surface area contributed by atoms with Crippen LogP contribution in [-0.4, -0.2) is 15.1 Å². The van der Waals surface area contributed by atoms with E-state index in [9.17, 15) is 4.39 Å². The van der Waals surface area contributed by atoms with Crippen molar-refractivity contribution in [3.63, 3.8) is 0 Å². The van der Waals surface area contributed by atoms with Crippen molar-refractivity contribution >= 4 is 34.6 Å². The minimum absolute atomic E-state index is 0.0638. The molecule has 1 aromatic carbocycles. The van der Waals surface area contributed by atoms with Gasteiger partial charge in [-0.2, -0.15) is 0 Å². The van der Waals surface area contributed by atoms with Crippen LogP contribution in [0.5, 0.6) is 0 Å². The molecule has 3 rings (SSSR count). The number of rotatable bonds is 4. The van der Waals surface area contributed by atoms with Crippen molar-refractivity contribution in [2.45, 2.75) is 13.0 Å². The SMILES string of the molecule is C[C@@H](NC(=S)Nc1nccc(-c2cccs2)n1)c1ccc(F)cc1. The van der Waals surface area contributed by atoms with Crippen LogP contribution in [-0.2, 0) is 0 Å². The van der Waals surface area contributed by atoms with Crippen LogP contribution in [0.25, 0.3) is 10.6 Å². The number of hydrogen-bond donors (Lipinski definition) is 2. The molecule has 0 aliphatic carbocycles. The number of thiophene rings is 1. The number of aromatic nitrogens is 2. The minimum Gasteiger partial charge on any atom is -0.356 e. The number of nitrogens with zero attached hydrogens (tertiary/aromatic N) is 2. The fourth-order valence-electron chi connectivity index (χ4n) is 2.15. The van der Waals surface area contributed by atoms with Crippen molar-refractivity contribution in [2.75, 3.05) is 5.32 Å². The largest absolute Gasteiger partial charge is 0.356 e. The van der Waals surface area contributed by atoms with Crippen molar-refractivity contribution in [1.82, 2.24) is 15.3 Å². The van der Waals surface area contributed by atoms with Gasteiger partial charge in [0.2, 0.25) is 5.95 Å². The number of hydrogen-bond acceptors (Lipinski definition) is 4. The van der Waals surface area contributed by atoms with E-state index in [0.29, 0.717) is 11.1 Å². The molecule has 24 heavy (non-hydrogen) atoms. The van der Waals surface area contributed by atoms with Crippen molar-refractivity contribution in [2.24, 2.45) is 0 Å². The molecule has 0 unspecified atom stereocenters. The van der Waals surface area contributed by atoms with Gasteiger partial charge in [0, 0.05) is 6.20 Å². The molecular weight excluding hydrogens is 343 g/mol. The van der Waals surface area contributed by atoms with E-state index in [-0.39, 0.29) is 11.9 Å². The van der Waals surface area contributed by atoms with Gasteiger partial charge in [-0.3, -0.25) is 0 Å². The topological polar surface area (TPSA) is 49.8 Å². The molecule has 122 valence electrons. The Kier molecular flexibility index (Phi) is 5.12. The first-order valence-corrected chi connectivity index (χ1v) is 8.60. The van der Waals surface area contributed by atoms with Crippen molar-refractivity contribution in [1.29, 1.82) is 0 Å². The standard InChI is InChI=1S/C17H15FN4S2/c1-11(12-4-6-13(18)7-5-12)20-17(23)22-16-19-9-8-14(21-16)15-3-2-10-24-15/h2-11H,1H3,(H2,19,20,21,22,23)/t11-/m1/s1. The summed E-state index contributed by atoms with van der Waals surface area (Å²) in [6, 6.07) is 12.1. The zero-order valence-electron chi connectivity index (χ0n) is 12.9. The minimum atomic E-state index is -0.259. The van der Waals surface area contributed by atoms with E-state index < -0.39 is 0 Å². The second-order valence-electron chi connectivity index (χ2n) is 5.11. The molecule has 0 bridgehead atoms. The van der Waals surface area contributed by atoms with Crippen LogP contribution in [0, 0.1) is 5.82 Å². The number of benzene rings is 1. The molecule has 0 spiro atoms. The molecule has 1 atom stereocenters. The molecule has 0 fully saturated rings. The molecule has 3 aromatic rings. The van der Waals surface area contributed by atoms with Crippen LogP contribution in [0.15, 0.2) is 54.0 Å². The van der Waals surface area contributed by atoms with Gasteiger partial charge in [-0.25, -0.2) is 14.4 Å². The highest BCUT2D eigenvalue weighted by molar-refractivity contribution is 7.80. The monoisotopic (exact) mass is 358 g/mol. The molecule has 0 saturated heterocycles. The van der Waals surface area contributed by atoms with Gasteiger partial charge in [-0.15, -0.1) is 11.3 Å². The van der Waals surface area contributed by atoms with Gasteiger partial charge < -0.3 is 10.6 Å². The molecule has 0 aliphatic heterocycles. The molecular formula is C17H15FN4S2. The maximum absolute atomic E-state index is 13.0. The molecule has 0 radical (unpaired) electrons. The Labute approximate surface area is 148 Å². The van der Waals surface area contributed by atoms with Crippen LogP contribution in [0.4, 0.5) is 10.3 Å². The molecule has 4 nitrogen and oxygen atoms in total.